The van der Waals surface area contributed by atoms with Crippen molar-refractivity contribution in [3.8, 4) is 11.5 Å². The van der Waals surface area contributed by atoms with Gasteiger partial charge in [0.2, 0.25) is 0 Å². The van der Waals surface area contributed by atoms with Gasteiger partial charge in [-0.25, -0.2) is 4.98 Å². The molecule has 0 unspecified atom stereocenters. The molecule has 3 aromatic rings. The van der Waals surface area contributed by atoms with Crippen molar-refractivity contribution in [2.45, 2.75) is 13.5 Å². The molecule has 94 valence electrons. The van der Waals surface area contributed by atoms with Gasteiger partial charge in [-0.1, -0.05) is 12.1 Å². The fraction of sp³-hybridized carbons (Fsp3) is 0.133. The van der Waals surface area contributed by atoms with Crippen molar-refractivity contribution < 1.29 is 0 Å². The predicted octanol–water partition coefficient (Wildman–Crippen LogP) is 2.70. The van der Waals surface area contributed by atoms with Gasteiger partial charge >= 0.3 is 0 Å². The van der Waals surface area contributed by atoms with Crippen molar-refractivity contribution in [3.63, 3.8) is 0 Å². The van der Waals surface area contributed by atoms with E-state index in [2.05, 4.69) is 25.6 Å². The third-order valence-electron chi connectivity index (χ3n) is 2.94. The maximum Gasteiger partial charge on any atom is 0.158 e. The van der Waals surface area contributed by atoms with E-state index in [9.17, 15) is 0 Å². The molecule has 3 rings (SSSR count). The van der Waals surface area contributed by atoms with Gasteiger partial charge in [-0.3, -0.25) is 9.97 Å². The number of hydrogen-bond donors (Lipinski definition) is 0. The standard InChI is InChI=1S/C15H14N4/c1-12-5-6-13(10-18-12)11-19-9-8-17-15(19)14-4-2-3-7-16-14/h2-10H,11H2,1H3. The first-order valence-electron chi connectivity index (χ1n) is 6.17. The van der Waals surface area contributed by atoms with E-state index < -0.39 is 0 Å². The van der Waals surface area contributed by atoms with Gasteiger partial charge in [0.05, 0.1) is 6.54 Å². The number of imidazole rings is 1. The predicted molar refractivity (Wildman–Crippen MR) is 73.5 cm³/mol. The molecule has 0 fully saturated rings. The molecule has 3 aromatic heterocycles. The molecule has 4 nitrogen and oxygen atoms in total. The zero-order valence-electron chi connectivity index (χ0n) is 10.7. The molecule has 0 aliphatic carbocycles. The van der Waals surface area contributed by atoms with Crippen LogP contribution in [0.3, 0.4) is 0 Å². The van der Waals surface area contributed by atoms with Gasteiger partial charge in [-0.2, -0.15) is 0 Å². The van der Waals surface area contributed by atoms with Crippen LogP contribution in [0.4, 0.5) is 0 Å². The fourth-order valence-corrected chi connectivity index (χ4v) is 1.95. The van der Waals surface area contributed by atoms with E-state index in [0.717, 1.165) is 29.3 Å². The first kappa shape index (κ1) is 11.6. The van der Waals surface area contributed by atoms with Crippen molar-refractivity contribution in [1.29, 1.82) is 0 Å². The van der Waals surface area contributed by atoms with Crippen molar-refractivity contribution in [2.75, 3.05) is 0 Å². The molecule has 4 heteroatoms. The summed E-state index contributed by atoms with van der Waals surface area (Å²) < 4.78 is 2.08. The van der Waals surface area contributed by atoms with E-state index >= 15 is 0 Å². The number of aryl methyl sites for hydroxylation is 1. The summed E-state index contributed by atoms with van der Waals surface area (Å²) in [5.74, 6) is 0.876. The molecule has 0 radical (unpaired) electrons. The van der Waals surface area contributed by atoms with Crippen LogP contribution in [0.2, 0.25) is 0 Å². The Balaban J connectivity index is 1.91. The van der Waals surface area contributed by atoms with Crippen molar-refractivity contribution >= 4 is 0 Å². The maximum absolute atomic E-state index is 4.38. The lowest BCUT2D eigenvalue weighted by atomic mass is 10.2. The molecule has 0 atom stereocenters. The minimum absolute atomic E-state index is 0.749. The Morgan fingerprint density at radius 3 is 2.68 bits per heavy atom. The second kappa shape index (κ2) is 5.02. The van der Waals surface area contributed by atoms with Gasteiger partial charge in [0.25, 0.3) is 0 Å². The number of nitrogens with zero attached hydrogens (tertiary/aromatic N) is 4. The molecular formula is C15H14N4. The molecule has 0 spiro atoms. The van der Waals surface area contributed by atoms with Crippen LogP contribution in [-0.2, 0) is 6.54 Å². The van der Waals surface area contributed by atoms with Crippen LogP contribution in [0.15, 0.2) is 55.1 Å². The van der Waals surface area contributed by atoms with Crippen LogP contribution in [0.5, 0.6) is 0 Å². The number of hydrogen-bond acceptors (Lipinski definition) is 3. The molecular weight excluding hydrogens is 236 g/mol. The van der Waals surface area contributed by atoms with Crippen LogP contribution < -0.4 is 0 Å². The lowest BCUT2D eigenvalue weighted by Gasteiger charge is -2.07. The lowest BCUT2D eigenvalue weighted by molar-refractivity contribution is 0.798. The van der Waals surface area contributed by atoms with E-state index in [1.54, 1.807) is 12.4 Å². The highest BCUT2D eigenvalue weighted by molar-refractivity contribution is 5.49. The second-order valence-corrected chi connectivity index (χ2v) is 4.40. The molecule has 0 N–H and O–H groups in total. The minimum atomic E-state index is 0.749. The Morgan fingerprint density at radius 2 is 1.95 bits per heavy atom. The third kappa shape index (κ3) is 2.52. The molecule has 0 amide bonds. The molecule has 0 aliphatic heterocycles. The number of aromatic nitrogens is 4. The molecule has 0 saturated carbocycles. The summed E-state index contributed by atoms with van der Waals surface area (Å²) in [6, 6.07) is 9.94. The summed E-state index contributed by atoms with van der Waals surface area (Å²) in [4.78, 5) is 13.0. The van der Waals surface area contributed by atoms with Crippen LogP contribution in [0.1, 0.15) is 11.3 Å². The highest BCUT2D eigenvalue weighted by Gasteiger charge is 2.07. The fourth-order valence-electron chi connectivity index (χ4n) is 1.95. The quantitative estimate of drug-likeness (QED) is 0.717. The Morgan fingerprint density at radius 1 is 1.00 bits per heavy atom. The Bertz CT molecular complexity index is 656. The van der Waals surface area contributed by atoms with Gasteiger partial charge in [-0.05, 0) is 30.7 Å². The topological polar surface area (TPSA) is 43.6 Å². The second-order valence-electron chi connectivity index (χ2n) is 4.40. The number of pyridine rings is 2. The summed E-state index contributed by atoms with van der Waals surface area (Å²) >= 11 is 0. The molecule has 3 heterocycles. The summed E-state index contributed by atoms with van der Waals surface area (Å²) in [6.45, 7) is 2.74. The van der Waals surface area contributed by atoms with E-state index in [4.69, 9.17) is 0 Å². The average molecular weight is 250 g/mol. The molecule has 0 saturated heterocycles. The highest BCUT2D eigenvalue weighted by atomic mass is 15.1. The van der Waals surface area contributed by atoms with E-state index in [1.165, 1.54) is 0 Å². The normalized spacial score (nSPS) is 10.6. The average Bonchev–Trinajstić information content (AvgIpc) is 2.90. The molecule has 0 aromatic carbocycles. The highest BCUT2D eigenvalue weighted by Crippen LogP contribution is 2.15. The van der Waals surface area contributed by atoms with Crippen LogP contribution in [0, 0.1) is 6.92 Å². The summed E-state index contributed by atoms with van der Waals surface area (Å²) in [5, 5.41) is 0. The third-order valence-corrected chi connectivity index (χ3v) is 2.94. The lowest BCUT2D eigenvalue weighted by Crippen LogP contribution is -2.02. The zero-order chi connectivity index (χ0) is 13.1. The Labute approximate surface area is 111 Å². The van der Waals surface area contributed by atoms with E-state index in [-0.39, 0.29) is 0 Å². The van der Waals surface area contributed by atoms with Gasteiger partial charge in [0.15, 0.2) is 5.82 Å². The molecule has 0 bridgehead atoms. The monoisotopic (exact) mass is 250 g/mol. The summed E-state index contributed by atoms with van der Waals surface area (Å²) in [7, 11) is 0. The van der Waals surface area contributed by atoms with Gasteiger partial charge in [-0.15, -0.1) is 0 Å². The maximum atomic E-state index is 4.38. The van der Waals surface area contributed by atoms with Crippen LogP contribution >= 0.6 is 0 Å². The number of rotatable bonds is 3. The van der Waals surface area contributed by atoms with Crippen LogP contribution in [-0.4, -0.2) is 19.5 Å². The van der Waals surface area contributed by atoms with Crippen molar-refractivity contribution in [2.24, 2.45) is 0 Å². The molecule has 19 heavy (non-hydrogen) atoms. The molecule has 0 aliphatic rings. The SMILES string of the molecule is Cc1ccc(Cn2ccnc2-c2ccccn2)cn1. The van der Waals surface area contributed by atoms with Crippen molar-refractivity contribution in [1.82, 2.24) is 19.5 Å². The van der Waals surface area contributed by atoms with Gasteiger partial charge < -0.3 is 4.57 Å². The van der Waals surface area contributed by atoms with Gasteiger partial charge in [0.1, 0.15) is 5.69 Å². The van der Waals surface area contributed by atoms with Crippen LogP contribution in [0.25, 0.3) is 11.5 Å². The van der Waals surface area contributed by atoms with E-state index in [0.29, 0.717) is 0 Å². The largest absolute Gasteiger partial charge is 0.325 e. The smallest absolute Gasteiger partial charge is 0.158 e. The van der Waals surface area contributed by atoms with Gasteiger partial charge in [0, 0.05) is 30.5 Å². The Hall–Kier alpha value is -2.49. The first-order valence-corrected chi connectivity index (χ1v) is 6.17. The first-order chi connectivity index (χ1) is 9.33. The van der Waals surface area contributed by atoms with E-state index in [1.807, 2.05) is 43.6 Å². The minimum Gasteiger partial charge on any atom is -0.325 e. The Kier molecular flexibility index (Phi) is 3.06. The zero-order valence-corrected chi connectivity index (χ0v) is 10.7. The summed E-state index contributed by atoms with van der Waals surface area (Å²) in [5.41, 5.74) is 3.06. The van der Waals surface area contributed by atoms with Crippen molar-refractivity contribution in [3.05, 3.63) is 66.4 Å². The summed E-state index contributed by atoms with van der Waals surface area (Å²) in [6.07, 6.45) is 7.44.